The summed E-state index contributed by atoms with van der Waals surface area (Å²) in [6, 6.07) is 40.3. The molecular formula is C32H35O3PSi. The van der Waals surface area contributed by atoms with Crippen molar-refractivity contribution < 1.29 is 13.7 Å². The summed E-state index contributed by atoms with van der Waals surface area (Å²) in [6.45, 7) is 8.71. The summed E-state index contributed by atoms with van der Waals surface area (Å²) < 4.78 is 30.2. The van der Waals surface area contributed by atoms with Gasteiger partial charge < -0.3 is 13.7 Å². The third-order valence-corrected chi connectivity index (χ3v) is 11.7. The first-order valence-electron chi connectivity index (χ1n) is 13.0. The van der Waals surface area contributed by atoms with E-state index < -0.39 is 26.9 Å². The van der Waals surface area contributed by atoms with Crippen LogP contribution in [0.4, 0.5) is 0 Å². The molecule has 0 aromatic heterocycles. The summed E-state index contributed by atoms with van der Waals surface area (Å²) in [5, 5.41) is 1.66. The molecule has 0 radical (unpaired) electrons. The maximum atomic E-state index is 15.9. The number of hydrogen-bond donors (Lipinski definition) is 0. The molecule has 0 spiro atoms. The molecule has 5 heteroatoms. The van der Waals surface area contributed by atoms with Crippen LogP contribution >= 0.6 is 7.14 Å². The lowest BCUT2D eigenvalue weighted by atomic mass is 9.92. The van der Waals surface area contributed by atoms with Gasteiger partial charge in [-0.05, 0) is 25.2 Å². The van der Waals surface area contributed by atoms with Gasteiger partial charge in [-0.2, -0.15) is 0 Å². The zero-order valence-corrected chi connectivity index (χ0v) is 23.8. The second-order valence-electron chi connectivity index (χ2n) is 10.8. The van der Waals surface area contributed by atoms with Gasteiger partial charge in [0.25, 0.3) is 0 Å². The van der Waals surface area contributed by atoms with Gasteiger partial charge in [0.1, 0.15) is 0 Å². The van der Waals surface area contributed by atoms with E-state index in [-0.39, 0.29) is 12.0 Å². The molecule has 1 aliphatic heterocycles. The molecule has 0 aliphatic carbocycles. The first-order valence-corrected chi connectivity index (χ1v) is 18.1. The molecule has 4 aromatic rings. The Balaban J connectivity index is 1.84. The molecule has 0 amide bonds. The quantitative estimate of drug-likeness (QED) is 0.185. The van der Waals surface area contributed by atoms with E-state index >= 15 is 4.57 Å². The highest BCUT2D eigenvalue weighted by Gasteiger charge is 2.64. The fourth-order valence-corrected chi connectivity index (χ4v) is 10.8. The van der Waals surface area contributed by atoms with E-state index in [1.54, 1.807) is 0 Å². The topological polar surface area (TPSA) is 35.5 Å². The smallest absolute Gasteiger partial charge is 0.197 e. The Kier molecular flexibility index (Phi) is 7.13. The van der Waals surface area contributed by atoms with Crippen LogP contribution in [0, 0.1) is 5.92 Å². The SMILES string of the molecule is C[C@@H]1[C@@H](c2ccccc2)O[C@@](O[Si](C)(C)C)(c2ccccc2)[C@@H]1P(=O)(c1ccccc1)c1ccccc1. The van der Waals surface area contributed by atoms with Crippen LogP contribution in [-0.4, -0.2) is 14.0 Å². The van der Waals surface area contributed by atoms with Gasteiger partial charge >= 0.3 is 0 Å². The monoisotopic (exact) mass is 526 g/mol. The van der Waals surface area contributed by atoms with Gasteiger partial charge in [-0.15, -0.1) is 0 Å². The van der Waals surface area contributed by atoms with Crippen molar-refractivity contribution in [2.45, 2.75) is 44.1 Å². The van der Waals surface area contributed by atoms with Crippen molar-refractivity contribution in [3.8, 4) is 0 Å². The standard InChI is InChI=1S/C32H35O3PSi/c1-25-30(26-17-9-5-10-18-26)34-32(35-37(2,3)4,27-19-11-6-12-20-27)31(25)36(33,28-21-13-7-14-22-28)29-23-15-8-16-24-29/h5-25,30-31H,1-4H3/t25-,30+,31-,32-/m1/s1. The van der Waals surface area contributed by atoms with E-state index in [0.29, 0.717) is 0 Å². The number of ether oxygens (including phenoxy) is 1. The summed E-state index contributed by atoms with van der Waals surface area (Å²) >= 11 is 0. The fraction of sp³-hybridized carbons (Fsp3) is 0.250. The van der Waals surface area contributed by atoms with Gasteiger partial charge in [-0.3, -0.25) is 0 Å². The predicted molar refractivity (Wildman–Crippen MR) is 156 cm³/mol. The maximum Gasteiger partial charge on any atom is 0.197 e. The number of rotatable bonds is 7. The Hall–Kier alpha value is -2.75. The largest absolute Gasteiger partial charge is 0.387 e. The molecule has 1 fully saturated rings. The highest BCUT2D eigenvalue weighted by atomic mass is 31.2. The van der Waals surface area contributed by atoms with Gasteiger partial charge in [-0.25, -0.2) is 0 Å². The summed E-state index contributed by atoms with van der Waals surface area (Å²) in [5.74, 6) is -1.27. The molecule has 4 aromatic carbocycles. The second-order valence-corrected chi connectivity index (χ2v) is 18.2. The number of benzene rings is 4. The van der Waals surface area contributed by atoms with Crippen molar-refractivity contribution in [1.29, 1.82) is 0 Å². The minimum absolute atomic E-state index is 0.0924. The molecule has 0 N–H and O–H groups in total. The van der Waals surface area contributed by atoms with Crippen molar-refractivity contribution in [1.82, 2.24) is 0 Å². The Morgan fingerprint density at radius 1 is 0.703 bits per heavy atom. The Labute approximate surface area is 222 Å². The van der Waals surface area contributed by atoms with E-state index in [1.807, 2.05) is 97.1 Å². The Morgan fingerprint density at radius 2 is 1.14 bits per heavy atom. The average Bonchev–Trinajstić information content (AvgIpc) is 3.22. The van der Waals surface area contributed by atoms with E-state index in [9.17, 15) is 0 Å². The highest BCUT2D eigenvalue weighted by molar-refractivity contribution is 7.79. The van der Waals surface area contributed by atoms with Gasteiger partial charge in [0.15, 0.2) is 21.2 Å². The molecule has 5 rings (SSSR count). The van der Waals surface area contributed by atoms with Crippen LogP contribution in [0.5, 0.6) is 0 Å². The molecule has 4 atom stereocenters. The van der Waals surface area contributed by atoms with Gasteiger partial charge in [-0.1, -0.05) is 128 Å². The van der Waals surface area contributed by atoms with Crippen molar-refractivity contribution in [2.24, 2.45) is 5.92 Å². The molecule has 0 saturated carbocycles. The van der Waals surface area contributed by atoms with Gasteiger partial charge in [0.05, 0.1) is 11.8 Å². The minimum Gasteiger partial charge on any atom is -0.387 e. The van der Waals surface area contributed by atoms with Crippen LogP contribution in [0.2, 0.25) is 19.6 Å². The lowest BCUT2D eigenvalue weighted by molar-refractivity contribution is -0.186. The van der Waals surface area contributed by atoms with E-state index in [4.69, 9.17) is 9.16 Å². The lowest BCUT2D eigenvalue weighted by Crippen LogP contribution is -2.50. The fourth-order valence-electron chi connectivity index (χ4n) is 5.74. The Morgan fingerprint density at radius 3 is 1.59 bits per heavy atom. The van der Waals surface area contributed by atoms with Crippen LogP contribution in [0.3, 0.4) is 0 Å². The lowest BCUT2D eigenvalue weighted by Gasteiger charge is -2.43. The first-order chi connectivity index (χ1) is 17.8. The average molecular weight is 527 g/mol. The molecular weight excluding hydrogens is 491 g/mol. The number of hydrogen-bond acceptors (Lipinski definition) is 3. The molecule has 1 saturated heterocycles. The first kappa shape index (κ1) is 25.9. The molecule has 0 unspecified atom stereocenters. The van der Waals surface area contributed by atoms with Crippen molar-refractivity contribution in [2.75, 3.05) is 0 Å². The summed E-state index contributed by atoms with van der Waals surface area (Å²) in [4.78, 5) is 0. The molecule has 190 valence electrons. The van der Waals surface area contributed by atoms with Crippen LogP contribution in [0.15, 0.2) is 121 Å². The van der Waals surface area contributed by atoms with Crippen molar-refractivity contribution in [3.63, 3.8) is 0 Å². The Bertz CT molecular complexity index is 1310. The second kappa shape index (κ2) is 10.2. The normalized spacial score (nSPS) is 24.2. The van der Waals surface area contributed by atoms with Crippen LogP contribution in [0.25, 0.3) is 0 Å². The molecule has 0 bridgehead atoms. The zero-order chi connectivity index (χ0) is 26.1. The van der Waals surface area contributed by atoms with Gasteiger partial charge in [0.2, 0.25) is 0 Å². The molecule has 1 heterocycles. The molecule has 37 heavy (non-hydrogen) atoms. The summed E-state index contributed by atoms with van der Waals surface area (Å²) in [6.07, 6.45) is -0.275. The third kappa shape index (κ3) is 4.80. The van der Waals surface area contributed by atoms with Crippen LogP contribution < -0.4 is 10.6 Å². The van der Waals surface area contributed by atoms with E-state index in [2.05, 4.69) is 50.8 Å². The van der Waals surface area contributed by atoms with Crippen molar-refractivity contribution in [3.05, 3.63) is 132 Å². The highest BCUT2D eigenvalue weighted by Crippen LogP contribution is 2.66. The van der Waals surface area contributed by atoms with Crippen LogP contribution in [0.1, 0.15) is 24.2 Å². The summed E-state index contributed by atoms with van der Waals surface area (Å²) in [7, 11) is -5.49. The molecule has 3 nitrogen and oxygen atoms in total. The van der Waals surface area contributed by atoms with Crippen molar-refractivity contribution >= 4 is 26.1 Å². The summed E-state index contributed by atoms with van der Waals surface area (Å²) in [5.41, 5.74) is 1.55. The minimum atomic E-state index is -3.29. The van der Waals surface area contributed by atoms with E-state index in [1.165, 1.54) is 0 Å². The third-order valence-electron chi connectivity index (χ3n) is 7.10. The zero-order valence-electron chi connectivity index (χ0n) is 22.0. The predicted octanol–water partition coefficient (Wildman–Crippen LogP) is 7.48. The maximum absolute atomic E-state index is 15.9. The van der Waals surface area contributed by atoms with E-state index in [0.717, 1.165) is 21.7 Å². The van der Waals surface area contributed by atoms with Crippen LogP contribution in [-0.2, 0) is 19.5 Å². The molecule has 1 aliphatic rings. The van der Waals surface area contributed by atoms with Gasteiger partial charge in [0, 0.05) is 22.1 Å².